The SMILES string of the molecule is CCOC(=O)[C@@H]1CCCN1C(=O)CN(C(=O)c1ccc(Cl)cc1)c1c(C)cccc1C. The molecular weight excluding hydrogens is 416 g/mol. The van der Waals surface area contributed by atoms with Crippen LogP contribution in [0.25, 0.3) is 0 Å². The number of para-hydroxylation sites is 1. The van der Waals surface area contributed by atoms with Gasteiger partial charge in [0.15, 0.2) is 0 Å². The number of ether oxygens (including phenoxy) is 1. The Morgan fingerprint density at radius 3 is 2.35 bits per heavy atom. The molecule has 0 spiro atoms. The molecule has 1 aliphatic heterocycles. The molecule has 0 aromatic heterocycles. The van der Waals surface area contributed by atoms with Crippen molar-refractivity contribution in [3.63, 3.8) is 0 Å². The zero-order valence-electron chi connectivity index (χ0n) is 18.1. The Kier molecular flexibility index (Phi) is 7.33. The molecule has 2 amide bonds. The maximum absolute atomic E-state index is 13.4. The molecule has 1 fully saturated rings. The number of rotatable bonds is 6. The van der Waals surface area contributed by atoms with E-state index in [9.17, 15) is 14.4 Å². The Balaban J connectivity index is 1.93. The highest BCUT2D eigenvalue weighted by atomic mass is 35.5. The minimum atomic E-state index is -0.599. The standard InChI is InChI=1S/C24H27ClN2O4/c1-4-31-24(30)20-9-6-14-26(20)21(28)15-27(22-16(2)7-5-8-17(22)3)23(29)18-10-12-19(25)13-11-18/h5,7-8,10-13,20H,4,6,9,14-15H2,1-3H3/t20-/m0/s1. The highest BCUT2D eigenvalue weighted by Gasteiger charge is 2.36. The summed E-state index contributed by atoms with van der Waals surface area (Å²) in [6, 6.07) is 11.7. The van der Waals surface area contributed by atoms with E-state index in [1.165, 1.54) is 9.80 Å². The summed E-state index contributed by atoms with van der Waals surface area (Å²) in [6.07, 6.45) is 1.29. The molecule has 1 aliphatic rings. The van der Waals surface area contributed by atoms with Crippen molar-refractivity contribution in [3.8, 4) is 0 Å². The summed E-state index contributed by atoms with van der Waals surface area (Å²) in [4.78, 5) is 42.0. The maximum Gasteiger partial charge on any atom is 0.328 e. The molecule has 2 aromatic carbocycles. The first-order valence-corrected chi connectivity index (χ1v) is 10.8. The quantitative estimate of drug-likeness (QED) is 0.630. The van der Waals surface area contributed by atoms with Crippen molar-refractivity contribution in [2.45, 2.75) is 39.7 Å². The van der Waals surface area contributed by atoms with Gasteiger partial charge in [-0.05, 0) is 69.0 Å². The number of nitrogens with zero attached hydrogens (tertiary/aromatic N) is 2. The predicted molar refractivity (Wildman–Crippen MR) is 120 cm³/mol. The van der Waals surface area contributed by atoms with Gasteiger partial charge in [0.1, 0.15) is 12.6 Å². The molecule has 6 nitrogen and oxygen atoms in total. The summed E-state index contributed by atoms with van der Waals surface area (Å²) >= 11 is 5.98. The smallest absolute Gasteiger partial charge is 0.328 e. The van der Waals surface area contributed by atoms with Crippen LogP contribution in [0.4, 0.5) is 5.69 Å². The van der Waals surface area contributed by atoms with Crippen LogP contribution < -0.4 is 4.90 Å². The lowest BCUT2D eigenvalue weighted by molar-refractivity contribution is -0.152. The second-order valence-electron chi connectivity index (χ2n) is 7.64. The molecule has 31 heavy (non-hydrogen) atoms. The van der Waals surface area contributed by atoms with Crippen LogP contribution in [0.1, 0.15) is 41.3 Å². The first-order valence-electron chi connectivity index (χ1n) is 10.4. The van der Waals surface area contributed by atoms with E-state index in [-0.39, 0.29) is 25.0 Å². The van der Waals surface area contributed by atoms with E-state index in [0.717, 1.165) is 17.5 Å². The summed E-state index contributed by atoms with van der Waals surface area (Å²) in [7, 11) is 0. The molecule has 3 rings (SSSR count). The first-order chi connectivity index (χ1) is 14.8. The second-order valence-corrected chi connectivity index (χ2v) is 8.07. The average Bonchev–Trinajstić information content (AvgIpc) is 3.23. The minimum absolute atomic E-state index is 0.164. The van der Waals surface area contributed by atoms with E-state index in [1.807, 2.05) is 32.0 Å². The number of hydrogen-bond acceptors (Lipinski definition) is 4. The first kappa shape index (κ1) is 22.8. The number of amides is 2. The number of hydrogen-bond donors (Lipinski definition) is 0. The lowest BCUT2D eigenvalue weighted by Crippen LogP contribution is -2.47. The number of carbonyl (C=O) groups is 3. The summed E-state index contributed by atoms with van der Waals surface area (Å²) in [5.41, 5.74) is 2.91. The van der Waals surface area contributed by atoms with Crippen LogP contribution in [-0.2, 0) is 14.3 Å². The van der Waals surface area contributed by atoms with Crippen LogP contribution in [0.3, 0.4) is 0 Å². The van der Waals surface area contributed by atoms with Crippen LogP contribution in [-0.4, -0.2) is 48.4 Å². The number of anilines is 1. The van der Waals surface area contributed by atoms with Gasteiger partial charge in [0.05, 0.1) is 12.3 Å². The van der Waals surface area contributed by atoms with Crippen molar-refractivity contribution in [3.05, 3.63) is 64.2 Å². The zero-order chi connectivity index (χ0) is 22.5. The molecule has 0 N–H and O–H groups in total. The molecule has 1 heterocycles. The molecule has 0 radical (unpaired) electrons. The fourth-order valence-electron chi connectivity index (χ4n) is 4.01. The number of likely N-dealkylation sites (tertiary alicyclic amines) is 1. The highest BCUT2D eigenvalue weighted by molar-refractivity contribution is 6.30. The third-order valence-electron chi connectivity index (χ3n) is 5.47. The van der Waals surface area contributed by atoms with E-state index < -0.39 is 12.0 Å². The maximum atomic E-state index is 13.4. The molecule has 0 unspecified atom stereocenters. The lowest BCUT2D eigenvalue weighted by atomic mass is 10.1. The predicted octanol–water partition coefficient (Wildman–Crippen LogP) is 4.16. The van der Waals surface area contributed by atoms with Crippen molar-refractivity contribution in [2.24, 2.45) is 0 Å². The molecular formula is C24H27ClN2O4. The zero-order valence-corrected chi connectivity index (χ0v) is 18.8. The number of halogens is 1. The molecule has 0 aliphatic carbocycles. The summed E-state index contributed by atoms with van der Waals surface area (Å²) < 4.78 is 5.14. The van der Waals surface area contributed by atoms with E-state index in [0.29, 0.717) is 29.2 Å². The number of aryl methyl sites for hydroxylation is 2. The largest absolute Gasteiger partial charge is 0.464 e. The molecule has 1 atom stereocenters. The summed E-state index contributed by atoms with van der Waals surface area (Å²) in [5, 5.41) is 0.528. The van der Waals surface area contributed by atoms with Gasteiger partial charge in [-0.3, -0.25) is 14.5 Å². The monoisotopic (exact) mass is 442 g/mol. The van der Waals surface area contributed by atoms with Gasteiger partial charge in [-0.25, -0.2) is 4.79 Å². The van der Waals surface area contributed by atoms with E-state index in [4.69, 9.17) is 16.3 Å². The summed E-state index contributed by atoms with van der Waals surface area (Å²) in [5.74, 6) is -0.967. The lowest BCUT2D eigenvalue weighted by Gasteiger charge is -2.30. The van der Waals surface area contributed by atoms with Gasteiger partial charge in [-0.2, -0.15) is 0 Å². The normalized spacial score (nSPS) is 15.6. The molecule has 1 saturated heterocycles. The second kappa shape index (κ2) is 9.96. The highest BCUT2D eigenvalue weighted by Crippen LogP contribution is 2.28. The van der Waals surface area contributed by atoms with Gasteiger partial charge in [0.2, 0.25) is 5.91 Å². The van der Waals surface area contributed by atoms with Crippen LogP contribution in [0.15, 0.2) is 42.5 Å². The fourth-order valence-corrected chi connectivity index (χ4v) is 4.13. The van der Waals surface area contributed by atoms with Crippen LogP contribution >= 0.6 is 11.6 Å². The Morgan fingerprint density at radius 1 is 1.10 bits per heavy atom. The average molecular weight is 443 g/mol. The van der Waals surface area contributed by atoms with Gasteiger partial charge in [-0.15, -0.1) is 0 Å². The Hall–Kier alpha value is -2.86. The van der Waals surface area contributed by atoms with Crippen LogP contribution in [0, 0.1) is 13.8 Å². The van der Waals surface area contributed by atoms with Gasteiger partial charge in [-0.1, -0.05) is 29.8 Å². The summed E-state index contributed by atoms with van der Waals surface area (Å²) in [6.45, 7) is 6.13. The van der Waals surface area contributed by atoms with E-state index in [1.54, 1.807) is 31.2 Å². The number of esters is 1. The third kappa shape index (κ3) is 5.07. The molecule has 2 aromatic rings. The van der Waals surface area contributed by atoms with Crippen molar-refractivity contribution < 1.29 is 19.1 Å². The van der Waals surface area contributed by atoms with Gasteiger partial charge in [0.25, 0.3) is 5.91 Å². The topological polar surface area (TPSA) is 66.9 Å². The van der Waals surface area contributed by atoms with Gasteiger partial charge in [0, 0.05) is 17.1 Å². The Bertz CT molecular complexity index is 954. The van der Waals surface area contributed by atoms with Crippen molar-refractivity contribution in [1.29, 1.82) is 0 Å². The van der Waals surface area contributed by atoms with E-state index >= 15 is 0 Å². The molecule has 7 heteroatoms. The van der Waals surface area contributed by atoms with Crippen LogP contribution in [0.5, 0.6) is 0 Å². The van der Waals surface area contributed by atoms with Crippen molar-refractivity contribution in [2.75, 3.05) is 24.6 Å². The Labute approximate surface area is 187 Å². The molecule has 0 saturated carbocycles. The molecule has 0 bridgehead atoms. The van der Waals surface area contributed by atoms with Gasteiger partial charge >= 0.3 is 5.97 Å². The van der Waals surface area contributed by atoms with Crippen LogP contribution in [0.2, 0.25) is 5.02 Å². The number of carbonyl (C=O) groups excluding carboxylic acids is 3. The Morgan fingerprint density at radius 2 is 1.74 bits per heavy atom. The number of benzene rings is 2. The van der Waals surface area contributed by atoms with E-state index in [2.05, 4.69) is 0 Å². The van der Waals surface area contributed by atoms with Crippen molar-refractivity contribution >= 4 is 35.1 Å². The van der Waals surface area contributed by atoms with Gasteiger partial charge < -0.3 is 9.64 Å². The van der Waals surface area contributed by atoms with Crippen molar-refractivity contribution in [1.82, 2.24) is 4.90 Å². The molecule has 164 valence electrons. The fraction of sp³-hybridized carbons (Fsp3) is 0.375. The minimum Gasteiger partial charge on any atom is -0.464 e. The third-order valence-corrected chi connectivity index (χ3v) is 5.72.